The Morgan fingerprint density at radius 2 is 1.54 bits per heavy atom. The third kappa shape index (κ3) is 3.70. The molecule has 0 saturated carbocycles. The highest BCUT2D eigenvalue weighted by Gasteiger charge is 2.29. The molecule has 3 nitrogen and oxygen atoms in total. The van der Waals surface area contributed by atoms with Crippen LogP contribution >= 0.6 is 0 Å². The molecule has 2 aromatic carbocycles. The molecule has 0 spiro atoms. The van der Waals surface area contributed by atoms with E-state index in [0.717, 1.165) is 19.1 Å². The maximum absolute atomic E-state index is 13.7. The first-order chi connectivity index (χ1) is 11.1. The first-order valence-electron chi connectivity index (χ1n) is 6.72. The lowest BCUT2D eigenvalue weighted by Crippen LogP contribution is -2.39. The van der Waals surface area contributed by atoms with Crippen LogP contribution in [0.25, 0.3) is 0 Å². The van der Waals surface area contributed by atoms with Gasteiger partial charge in [0, 0.05) is 23.8 Å². The zero-order valence-electron chi connectivity index (χ0n) is 12.3. The number of hydrogen-bond acceptors (Lipinski definition) is 2. The maximum atomic E-state index is 13.7. The Hall–Kier alpha value is -2.48. The average Bonchev–Trinajstić information content (AvgIpc) is 2.43. The Labute approximate surface area is 133 Å². The predicted molar refractivity (Wildman–Crippen MR) is 74.6 cm³/mol. The van der Waals surface area contributed by atoms with Crippen molar-refractivity contribution in [1.29, 1.82) is 0 Å². The fourth-order valence-corrected chi connectivity index (χ4v) is 2.12. The highest BCUT2D eigenvalue weighted by molar-refractivity contribution is 5.94. The van der Waals surface area contributed by atoms with E-state index in [9.17, 15) is 31.9 Å². The highest BCUT2D eigenvalue weighted by Crippen LogP contribution is 2.24. The van der Waals surface area contributed by atoms with Crippen LogP contribution in [0.15, 0.2) is 30.3 Å². The van der Waals surface area contributed by atoms with Crippen molar-refractivity contribution >= 4 is 5.91 Å². The maximum Gasteiger partial charge on any atom is 0.257 e. The molecule has 2 aromatic rings. The summed E-state index contributed by atoms with van der Waals surface area (Å²) in [7, 11) is 0. The molecule has 128 valence electrons. The second-order valence-corrected chi connectivity index (χ2v) is 5.33. The van der Waals surface area contributed by atoms with Gasteiger partial charge in [0.25, 0.3) is 5.91 Å². The van der Waals surface area contributed by atoms with Crippen LogP contribution in [0.3, 0.4) is 0 Å². The summed E-state index contributed by atoms with van der Waals surface area (Å²) in [4.78, 5) is 11.8. The molecule has 0 aliphatic carbocycles. The van der Waals surface area contributed by atoms with Crippen molar-refractivity contribution in [3.8, 4) is 0 Å². The number of carbonyl (C=O) groups is 1. The Bertz CT molecular complexity index is 769. The number of nitrogens with one attached hydrogen (secondary N) is 1. The van der Waals surface area contributed by atoms with E-state index in [1.807, 2.05) is 5.32 Å². The number of aliphatic hydroxyl groups is 1. The molecule has 0 aliphatic rings. The summed E-state index contributed by atoms with van der Waals surface area (Å²) in [6.45, 7) is 0.506. The van der Waals surface area contributed by atoms with E-state index in [2.05, 4.69) is 0 Å². The first kappa shape index (κ1) is 17.9. The summed E-state index contributed by atoms with van der Waals surface area (Å²) in [5.74, 6) is -7.19. The molecule has 2 N–H and O–H groups in total. The lowest BCUT2D eigenvalue weighted by Gasteiger charge is -2.24. The van der Waals surface area contributed by atoms with Crippen LogP contribution in [0.5, 0.6) is 0 Å². The van der Waals surface area contributed by atoms with E-state index in [1.54, 1.807) is 0 Å². The molecule has 0 saturated heterocycles. The second kappa shape index (κ2) is 6.56. The second-order valence-electron chi connectivity index (χ2n) is 5.33. The minimum absolute atomic E-state index is 0.316. The Balaban J connectivity index is 2.19. The number of halogens is 5. The van der Waals surface area contributed by atoms with Gasteiger partial charge in [-0.3, -0.25) is 4.79 Å². The quantitative estimate of drug-likeness (QED) is 0.837. The number of amides is 1. The van der Waals surface area contributed by atoms with Gasteiger partial charge in [-0.25, -0.2) is 22.0 Å². The highest BCUT2D eigenvalue weighted by atomic mass is 19.2. The van der Waals surface area contributed by atoms with Gasteiger partial charge in [0.1, 0.15) is 40.3 Å². The molecule has 0 aliphatic heterocycles. The van der Waals surface area contributed by atoms with Gasteiger partial charge in [-0.15, -0.1) is 0 Å². The van der Waals surface area contributed by atoms with Crippen molar-refractivity contribution in [3.05, 3.63) is 70.5 Å². The molecule has 1 amide bonds. The largest absolute Gasteiger partial charge is 0.383 e. The lowest BCUT2D eigenvalue weighted by atomic mass is 9.95. The molecular formula is C16H12F5NO2. The van der Waals surface area contributed by atoms with E-state index in [4.69, 9.17) is 0 Å². The molecule has 0 radical (unpaired) electrons. The number of hydrogen-bond donors (Lipinski definition) is 2. The van der Waals surface area contributed by atoms with Crippen LogP contribution in [0, 0.1) is 29.1 Å². The molecule has 0 fully saturated rings. The predicted octanol–water partition coefficient (Wildman–Crippen LogP) is 3.02. The molecule has 1 unspecified atom stereocenters. The minimum atomic E-state index is -1.97. The monoisotopic (exact) mass is 345 g/mol. The molecule has 1 atom stereocenters. The van der Waals surface area contributed by atoms with E-state index in [1.165, 1.54) is 0 Å². The summed E-state index contributed by atoms with van der Waals surface area (Å²) in [5, 5.41) is 12.2. The van der Waals surface area contributed by atoms with Gasteiger partial charge in [-0.05, 0) is 13.0 Å². The molecule has 0 aromatic heterocycles. The third-order valence-corrected chi connectivity index (χ3v) is 3.34. The standard InChI is InChI=1S/C16H12F5NO2/c1-16(24,10-3-2-8(17)4-11(10)19)7-22-15(23)14-12(20)5-9(18)6-13(14)21/h2-6,24H,7H2,1H3,(H,22,23). The van der Waals surface area contributed by atoms with Gasteiger partial charge in [0.2, 0.25) is 0 Å². The fraction of sp³-hybridized carbons (Fsp3) is 0.188. The Kier molecular flexibility index (Phi) is 4.88. The topological polar surface area (TPSA) is 49.3 Å². The van der Waals surface area contributed by atoms with Crippen molar-refractivity contribution in [2.24, 2.45) is 0 Å². The van der Waals surface area contributed by atoms with Crippen LogP contribution in [0.4, 0.5) is 22.0 Å². The summed E-state index contributed by atoms with van der Waals surface area (Å²) in [5.41, 5.74) is -3.32. The SMILES string of the molecule is CC(O)(CNC(=O)c1c(F)cc(F)cc1F)c1ccc(F)cc1F. The normalized spacial score (nSPS) is 13.5. The smallest absolute Gasteiger partial charge is 0.257 e. The van der Waals surface area contributed by atoms with Crippen molar-refractivity contribution in [2.75, 3.05) is 6.54 Å². The third-order valence-electron chi connectivity index (χ3n) is 3.34. The van der Waals surface area contributed by atoms with E-state index in [-0.39, 0.29) is 5.56 Å². The average molecular weight is 345 g/mol. The molecule has 0 bridgehead atoms. The summed E-state index contributed by atoms with van der Waals surface area (Å²) >= 11 is 0. The van der Waals surface area contributed by atoms with Crippen molar-refractivity contribution in [3.63, 3.8) is 0 Å². The summed E-state index contributed by atoms with van der Waals surface area (Å²) in [6, 6.07) is 3.10. The van der Waals surface area contributed by atoms with Crippen LogP contribution in [0.2, 0.25) is 0 Å². The number of benzene rings is 2. The lowest BCUT2D eigenvalue weighted by molar-refractivity contribution is 0.0492. The zero-order valence-corrected chi connectivity index (χ0v) is 12.3. The molecule has 2 rings (SSSR count). The van der Waals surface area contributed by atoms with Crippen molar-refractivity contribution < 1.29 is 31.9 Å². The van der Waals surface area contributed by atoms with Crippen molar-refractivity contribution in [1.82, 2.24) is 5.32 Å². The molecular weight excluding hydrogens is 333 g/mol. The van der Waals surface area contributed by atoms with Crippen LogP contribution in [0.1, 0.15) is 22.8 Å². The zero-order chi connectivity index (χ0) is 18.1. The van der Waals surface area contributed by atoms with Crippen molar-refractivity contribution in [2.45, 2.75) is 12.5 Å². The van der Waals surface area contributed by atoms with Gasteiger partial charge in [-0.1, -0.05) is 6.07 Å². The molecule has 0 heterocycles. The van der Waals surface area contributed by atoms with Crippen LogP contribution in [-0.4, -0.2) is 17.6 Å². The Morgan fingerprint density at radius 1 is 1.00 bits per heavy atom. The first-order valence-corrected chi connectivity index (χ1v) is 6.72. The number of rotatable bonds is 4. The molecule has 8 heteroatoms. The van der Waals surface area contributed by atoms with Gasteiger partial charge >= 0.3 is 0 Å². The van der Waals surface area contributed by atoms with E-state index < -0.39 is 52.7 Å². The van der Waals surface area contributed by atoms with Crippen LogP contribution < -0.4 is 5.32 Å². The minimum Gasteiger partial charge on any atom is -0.383 e. The van der Waals surface area contributed by atoms with E-state index in [0.29, 0.717) is 18.2 Å². The fourth-order valence-electron chi connectivity index (χ4n) is 2.12. The van der Waals surface area contributed by atoms with E-state index >= 15 is 0 Å². The van der Waals surface area contributed by atoms with Gasteiger partial charge in [0.15, 0.2) is 0 Å². The summed E-state index contributed by atoms with van der Waals surface area (Å²) in [6.07, 6.45) is 0. The Morgan fingerprint density at radius 3 is 2.08 bits per heavy atom. The number of carbonyl (C=O) groups excluding carboxylic acids is 1. The molecule has 24 heavy (non-hydrogen) atoms. The van der Waals surface area contributed by atoms with Gasteiger partial charge in [0.05, 0.1) is 6.54 Å². The van der Waals surface area contributed by atoms with Gasteiger partial charge < -0.3 is 10.4 Å². The van der Waals surface area contributed by atoms with Crippen LogP contribution in [-0.2, 0) is 5.60 Å². The van der Waals surface area contributed by atoms with Gasteiger partial charge in [-0.2, -0.15) is 0 Å². The summed E-state index contributed by atoms with van der Waals surface area (Å²) < 4.78 is 66.4.